The normalized spacial score (nSPS) is 31.6. The quantitative estimate of drug-likeness (QED) is 0.650. The van der Waals surface area contributed by atoms with Gasteiger partial charge in [-0.2, -0.15) is 0 Å². The van der Waals surface area contributed by atoms with Crippen LogP contribution in [0.25, 0.3) is 0 Å². The molecule has 2 N–H and O–H groups in total. The van der Waals surface area contributed by atoms with Gasteiger partial charge in [-0.1, -0.05) is 12.5 Å². The minimum Gasteiger partial charge on any atom is -0.393 e. The van der Waals surface area contributed by atoms with Crippen molar-refractivity contribution in [1.29, 1.82) is 0 Å². The minimum absolute atomic E-state index is 0.0493. The molecule has 0 aromatic rings. The summed E-state index contributed by atoms with van der Waals surface area (Å²) in [6.07, 6.45) is 10.5. The predicted molar refractivity (Wildman–Crippen MR) is 67.3 cm³/mol. The van der Waals surface area contributed by atoms with Crippen molar-refractivity contribution < 1.29 is 5.11 Å². The molecule has 0 bridgehead atoms. The van der Waals surface area contributed by atoms with Gasteiger partial charge in [-0.05, 0) is 50.4 Å². The van der Waals surface area contributed by atoms with Gasteiger partial charge < -0.3 is 10.4 Å². The highest BCUT2D eigenvalue weighted by molar-refractivity contribution is 4.89. The summed E-state index contributed by atoms with van der Waals surface area (Å²) in [6.45, 7) is 4.81. The van der Waals surface area contributed by atoms with E-state index in [2.05, 4.69) is 11.9 Å². The van der Waals surface area contributed by atoms with Crippen LogP contribution in [0.4, 0.5) is 0 Å². The van der Waals surface area contributed by atoms with E-state index in [0.717, 1.165) is 25.3 Å². The molecule has 2 aliphatic carbocycles. The Morgan fingerprint density at radius 1 is 1.31 bits per heavy atom. The molecule has 3 atom stereocenters. The van der Waals surface area contributed by atoms with Crippen LogP contribution in [0, 0.1) is 11.8 Å². The van der Waals surface area contributed by atoms with Crippen molar-refractivity contribution in [2.45, 2.75) is 57.1 Å². The molecule has 92 valence electrons. The number of hydrogen-bond acceptors (Lipinski definition) is 2. The van der Waals surface area contributed by atoms with E-state index in [1.165, 1.54) is 32.1 Å². The molecule has 2 aliphatic rings. The lowest BCUT2D eigenvalue weighted by molar-refractivity contribution is 0.129. The highest BCUT2D eigenvalue weighted by atomic mass is 16.3. The summed E-state index contributed by atoms with van der Waals surface area (Å²) < 4.78 is 0. The van der Waals surface area contributed by atoms with Crippen LogP contribution in [0.2, 0.25) is 0 Å². The Labute approximate surface area is 99.1 Å². The average Bonchev–Trinajstić information content (AvgIpc) is 3.04. The third-order valence-corrected chi connectivity index (χ3v) is 4.13. The van der Waals surface area contributed by atoms with Crippen LogP contribution in [0.1, 0.15) is 44.9 Å². The second kappa shape index (κ2) is 5.83. The zero-order valence-corrected chi connectivity index (χ0v) is 10.2. The first-order valence-corrected chi connectivity index (χ1v) is 6.83. The van der Waals surface area contributed by atoms with Crippen LogP contribution in [0.5, 0.6) is 0 Å². The fourth-order valence-electron chi connectivity index (χ4n) is 2.86. The molecule has 0 aromatic heterocycles. The van der Waals surface area contributed by atoms with E-state index in [9.17, 15) is 5.11 Å². The molecule has 0 saturated heterocycles. The van der Waals surface area contributed by atoms with Crippen molar-refractivity contribution in [3.05, 3.63) is 12.7 Å². The van der Waals surface area contributed by atoms with E-state index in [1.807, 2.05) is 6.08 Å². The minimum atomic E-state index is -0.0493. The lowest BCUT2D eigenvalue weighted by Gasteiger charge is -2.22. The fourth-order valence-corrected chi connectivity index (χ4v) is 2.86. The van der Waals surface area contributed by atoms with E-state index in [-0.39, 0.29) is 6.10 Å². The summed E-state index contributed by atoms with van der Waals surface area (Å²) in [5.74, 6) is 1.41. The number of rotatable bonds is 7. The topological polar surface area (TPSA) is 32.3 Å². The van der Waals surface area contributed by atoms with Gasteiger partial charge in [0.1, 0.15) is 0 Å². The largest absolute Gasteiger partial charge is 0.393 e. The maximum absolute atomic E-state index is 9.78. The summed E-state index contributed by atoms with van der Waals surface area (Å²) in [5.41, 5.74) is 0. The molecule has 2 rings (SSSR count). The van der Waals surface area contributed by atoms with Crippen molar-refractivity contribution in [2.24, 2.45) is 11.8 Å². The number of aliphatic hydroxyl groups is 1. The lowest BCUT2D eigenvalue weighted by Crippen LogP contribution is -2.37. The van der Waals surface area contributed by atoms with Crippen LogP contribution in [0.3, 0.4) is 0 Å². The maximum Gasteiger partial charge on any atom is 0.0580 e. The van der Waals surface area contributed by atoms with Crippen LogP contribution in [-0.2, 0) is 0 Å². The summed E-state index contributed by atoms with van der Waals surface area (Å²) in [6, 6.07) is 0.672. The predicted octanol–water partition coefficient (Wildman–Crippen LogP) is 2.48. The van der Waals surface area contributed by atoms with E-state index in [1.54, 1.807) is 0 Å². The first-order chi connectivity index (χ1) is 7.81. The average molecular weight is 223 g/mol. The van der Waals surface area contributed by atoms with Crippen molar-refractivity contribution in [3.63, 3.8) is 0 Å². The molecule has 2 fully saturated rings. The maximum atomic E-state index is 9.78. The Morgan fingerprint density at radius 3 is 2.69 bits per heavy atom. The highest BCUT2D eigenvalue weighted by Crippen LogP contribution is 2.35. The summed E-state index contributed by atoms with van der Waals surface area (Å²) in [5, 5.41) is 13.5. The standard InChI is InChI=1S/C14H25NO/c1-2-3-6-13(11-8-9-11)15-10-12-5-4-7-14(12)16/h2,11-16H,1,3-10H2. The fraction of sp³-hybridized carbons (Fsp3) is 0.857. The van der Waals surface area contributed by atoms with Gasteiger partial charge in [0.15, 0.2) is 0 Å². The molecule has 0 aliphatic heterocycles. The molecule has 2 nitrogen and oxygen atoms in total. The van der Waals surface area contributed by atoms with Gasteiger partial charge in [-0.15, -0.1) is 6.58 Å². The summed E-state index contributed by atoms with van der Waals surface area (Å²) >= 11 is 0. The molecule has 2 heteroatoms. The van der Waals surface area contributed by atoms with Crippen molar-refractivity contribution >= 4 is 0 Å². The molecular formula is C14H25NO. The van der Waals surface area contributed by atoms with Crippen molar-refractivity contribution in [1.82, 2.24) is 5.32 Å². The molecule has 0 radical (unpaired) electrons. The Hall–Kier alpha value is -0.340. The monoisotopic (exact) mass is 223 g/mol. The van der Waals surface area contributed by atoms with Gasteiger partial charge in [0.25, 0.3) is 0 Å². The molecular weight excluding hydrogens is 198 g/mol. The van der Waals surface area contributed by atoms with Gasteiger partial charge in [0.2, 0.25) is 0 Å². The third-order valence-electron chi connectivity index (χ3n) is 4.13. The van der Waals surface area contributed by atoms with E-state index >= 15 is 0 Å². The van der Waals surface area contributed by atoms with E-state index in [0.29, 0.717) is 12.0 Å². The molecule has 2 saturated carbocycles. The SMILES string of the molecule is C=CCCC(NCC1CCCC1O)C1CC1. The molecule has 0 amide bonds. The van der Waals surface area contributed by atoms with Crippen molar-refractivity contribution in [2.75, 3.05) is 6.54 Å². The van der Waals surface area contributed by atoms with E-state index < -0.39 is 0 Å². The van der Waals surface area contributed by atoms with Gasteiger partial charge in [0, 0.05) is 12.6 Å². The zero-order chi connectivity index (χ0) is 11.4. The third kappa shape index (κ3) is 3.33. The second-order valence-electron chi connectivity index (χ2n) is 5.48. The first-order valence-electron chi connectivity index (χ1n) is 6.83. The molecule has 16 heavy (non-hydrogen) atoms. The van der Waals surface area contributed by atoms with Gasteiger partial charge in [-0.3, -0.25) is 0 Å². The summed E-state index contributed by atoms with van der Waals surface area (Å²) in [7, 11) is 0. The molecule has 3 unspecified atom stereocenters. The van der Waals surface area contributed by atoms with Crippen LogP contribution in [0.15, 0.2) is 12.7 Å². The Balaban J connectivity index is 1.70. The Bertz CT molecular complexity index is 225. The van der Waals surface area contributed by atoms with Crippen LogP contribution in [-0.4, -0.2) is 23.8 Å². The number of aliphatic hydroxyl groups excluding tert-OH is 1. The smallest absolute Gasteiger partial charge is 0.0580 e. The summed E-state index contributed by atoms with van der Waals surface area (Å²) in [4.78, 5) is 0. The molecule has 0 spiro atoms. The van der Waals surface area contributed by atoms with Gasteiger partial charge in [-0.25, -0.2) is 0 Å². The number of nitrogens with one attached hydrogen (secondary N) is 1. The number of allylic oxidation sites excluding steroid dienone is 1. The zero-order valence-electron chi connectivity index (χ0n) is 10.2. The van der Waals surface area contributed by atoms with Crippen LogP contribution < -0.4 is 5.32 Å². The lowest BCUT2D eigenvalue weighted by atomic mass is 10.0. The molecule has 0 aromatic carbocycles. The highest BCUT2D eigenvalue weighted by Gasteiger charge is 2.32. The van der Waals surface area contributed by atoms with Gasteiger partial charge >= 0.3 is 0 Å². The Kier molecular flexibility index (Phi) is 4.42. The molecule has 0 heterocycles. The first kappa shape index (κ1) is 12.1. The van der Waals surface area contributed by atoms with Crippen molar-refractivity contribution in [3.8, 4) is 0 Å². The van der Waals surface area contributed by atoms with E-state index in [4.69, 9.17) is 0 Å². The van der Waals surface area contributed by atoms with Gasteiger partial charge in [0.05, 0.1) is 6.10 Å². The number of hydrogen-bond donors (Lipinski definition) is 2. The Morgan fingerprint density at radius 2 is 2.12 bits per heavy atom. The second-order valence-corrected chi connectivity index (χ2v) is 5.48. The van der Waals surface area contributed by atoms with Crippen LogP contribution >= 0.6 is 0 Å².